The van der Waals surface area contributed by atoms with Crippen LogP contribution in [0.3, 0.4) is 0 Å². The number of carbonyl (C=O) groups is 1. The highest BCUT2D eigenvalue weighted by Crippen LogP contribution is 2.35. The Bertz CT molecular complexity index is 1350. The highest BCUT2D eigenvalue weighted by atomic mass is 32.2. The third kappa shape index (κ3) is 6.15. The predicted molar refractivity (Wildman–Crippen MR) is 129 cm³/mol. The van der Waals surface area contributed by atoms with E-state index in [0.29, 0.717) is 0 Å². The average molecular weight is 499 g/mol. The van der Waals surface area contributed by atoms with Crippen molar-refractivity contribution in [3.8, 4) is 11.5 Å². The quantitative estimate of drug-likeness (QED) is 0.423. The highest BCUT2D eigenvalue weighted by molar-refractivity contribution is 7.89. The molecule has 3 N–H and O–H groups in total. The molecule has 3 rings (SSSR count). The van der Waals surface area contributed by atoms with Gasteiger partial charge in [0, 0.05) is 9.97 Å². The largest absolute Gasteiger partial charge is 0.457 e. The third-order valence-electron chi connectivity index (χ3n) is 4.90. The summed E-state index contributed by atoms with van der Waals surface area (Å²) in [6.45, 7) is 5.82. The van der Waals surface area contributed by atoms with Gasteiger partial charge in [-0.05, 0) is 59.5 Å². The van der Waals surface area contributed by atoms with Crippen LogP contribution in [0, 0.1) is 0 Å². The number of hydrogen-bond donors (Lipinski definition) is 2. The zero-order valence-electron chi connectivity index (χ0n) is 18.6. The molecule has 3 aromatic carbocycles. The summed E-state index contributed by atoms with van der Waals surface area (Å²) >= 11 is 0. The molecule has 0 unspecified atom stereocenters. The average Bonchev–Trinajstić information content (AvgIpc) is 2.72. The van der Waals surface area contributed by atoms with Crippen molar-refractivity contribution in [3.63, 3.8) is 0 Å². The van der Waals surface area contributed by atoms with Gasteiger partial charge in [0.15, 0.2) is 0 Å². The van der Waals surface area contributed by atoms with E-state index in [1.54, 1.807) is 12.1 Å². The van der Waals surface area contributed by atoms with Crippen LogP contribution in [0.4, 0.5) is 18.9 Å². The standard InChI is InChI=1S/C24H23F3N2O4S.3H2/c1-23(2,3)15-10-11-20(22(30)29-17-7-5-9-19(14-17)34(28,31)32)21(13-15)33-18-8-4-6-16(12-18)24(25,26)27;;;/h4-14H,1-3H3,(H,29,30)(H2,28,31,32);3*1H. The van der Waals surface area contributed by atoms with E-state index in [2.05, 4.69) is 5.32 Å². The van der Waals surface area contributed by atoms with Crippen LogP contribution >= 0.6 is 0 Å². The molecule has 0 fully saturated rings. The lowest BCUT2D eigenvalue weighted by atomic mass is 9.86. The molecule has 0 aliphatic rings. The molecule has 6 nitrogen and oxygen atoms in total. The number of nitrogens with two attached hydrogens (primary N) is 1. The summed E-state index contributed by atoms with van der Waals surface area (Å²) in [6, 6.07) is 14.5. The molecule has 0 aliphatic carbocycles. The van der Waals surface area contributed by atoms with Gasteiger partial charge in [-0.15, -0.1) is 0 Å². The van der Waals surface area contributed by atoms with Crippen LogP contribution < -0.4 is 15.2 Å². The Morgan fingerprint density at radius 1 is 0.941 bits per heavy atom. The van der Waals surface area contributed by atoms with Gasteiger partial charge in [-0.2, -0.15) is 13.2 Å². The topological polar surface area (TPSA) is 98.5 Å². The Morgan fingerprint density at radius 3 is 2.24 bits per heavy atom. The van der Waals surface area contributed by atoms with Crippen LogP contribution in [0.15, 0.2) is 71.6 Å². The number of primary sulfonamides is 1. The first kappa shape index (κ1) is 25.3. The molecule has 0 atom stereocenters. The lowest BCUT2D eigenvalue weighted by Crippen LogP contribution is -2.17. The van der Waals surface area contributed by atoms with Gasteiger partial charge in [-0.3, -0.25) is 4.79 Å². The molecule has 1 amide bonds. The van der Waals surface area contributed by atoms with E-state index in [0.717, 1.165) is 17.7 Å². The van der Waals surface area contributed by atoms with E-state index in [4.69, 9.17) is 9.88 Å². The van der Waals surface area contributed by atoms with E-state index >= 15 is 0 Å². The molecule has 186 valence electrons. The van der Waals surface area contributed by atoms with Gasteiger partial charge in [-0.1, -0.05) is 39.0 Å². The van der Waals surface area contributed by atoms with Crippen molar-refractivity contribution < 1.29 is 35.4 Å². The highest BCUT2D eigenvalue weighted by Gasteiger charge is 2.31. The molecule has 0 aliphatic heterocycles. The zero-order valence-corrected chi connectivity index (χ0v) is 19.4. The molecule has 3 aromatic rings. The minimum atomic E-state index is -4.55. The number of rotatable bonds is 5. The molecule has 0 saturated carbocycles. The smallest absolute Gasteiger partial charge is 0.416 e. The minimum Gasteiger partial charge on any atom is -0.457 e. The van der Waals surface area contributed by atoms with Crippen molar-refractivity contribution >= 4 is 21.6 Å². The molecular formula is C24H29F3N2O4S. The van der Waals surface area contributed by atoms with Crippen LogP contribution in [-0.2, 0) is 21.6 Å². The van der Waals surface area contributed by atoms with Crippen LogP contribution in [-0.4, -0.2) is 14.3 Å². The van der Waals surface area contributed by atoms with E-state index in [1.165, 1.54) is 42.5 Å². The molecule has 0 heterocycles. The van der Waals surface area contributed by atoms with Crippen LogP contribution in [0.1, 0.15) is 46.5 Å². The monoisotopic (exact) mass is 498 g/mol. The van der Waals surface area contributed by atoms with E-state index < -0.39 is 27.7 Å². The number of carbonyl (C=O) groups excluding carboxylic acids is 1. The first-order valence-corrected chi connectivity index (χ1v) is 11.6. The van der Waals surface area contributed by atoms with Crippen molar-refractivity contribution in [1.82, 2.24) is 0 Å². The van der Waals surface area contributed by atoms with Crippen molar-refractivity contribution in [1.29, 1.82) is 0 Å². The Balaban J connectivity index is 0.00000432. The maximum absolute atomic E-state index is 13.1. The second-order valence-electron chi connectivity index (χ2n) is 8.62. The SMILES string of the molecule is CC(C)(C)c1ccc(C(=O)Nc2cccc(S(N)(=O)=O)c2)c(Oc2cccc(C(F)(F)F)c2)c1.[HH].[HH].[HH]. The van der Waals surface area contributed by atoms with E-state index in [-0.39, 0.29) is 37.3 Å². The molecular weight excluding hydrogens is 469 g/mol. The summed E-state index contributed by atoms with van der Waals surface area (Å²) in [5, 5.41) is 7.71. The maximum Gasteiger partial charge on any atom is 0.416 e. The molecule has 0 spiro atoms. The molecule has 0 aromatic heterocycles. The van der Waals surface area contributed by atoms with Gasteiger partial charge < -0.3 is 10.1 Å². The van der Waals surface area contributed by atoms with Crippen LogP contribution in [0.25, 0.3) is 0 Å². The first-order chi connectivity index (χ1) is 15.6. The number of amides is 1. The molecule has 0 saturated heterocycles. The number of anilines is 1. The van der Waals surface area contributed by atoms with Gasteiger partial charge in [0.2, 0.25) is 10.0 Å². The Kier molecular flexibility index (Phi) is 6.77. The number of alkyl halides is 3. The molecule has 10 heteroatoms. The van der Waals surface area contributed by atoms with Gasteiger partial charge in [-0.25, -0.2) is 13.6 Å². The lowest BCUT2D eigenvalue weighted by Gasteiger charge is -2.21. The second-order valence-corrected chi connectivity index (χ2v) is 10.2. The number of nitrogens with one attached hydrogen (secondary N) is 1. The Hall–Kier alpha value is -3.37. The van der Waals surface area contributed by atoms with Crippen molar-refractivity contribution in [3.05, 3.63) is 83.4 Å². The molecule has 34 heavy (non-hydrogen) atoms. The summed E-state index contributed by atoms with van der Waals surface area (Å²) in [5.41, 5.74) is -0.206. The van der Waals surface area contributed by atoms with E-state index in [9.17, 15) is 26.4 Å². The maximum atomic E-state index is 13.1. The van der Waals surface area contributed by atoms with Crippen molar-refractivity contribution in [2.24, 2.45) is 5.14 Å². The number of halogens is 3. The summed E-state index contributed by atoms with van der Waals surface area (Å²) < 4.78 is 68.3. The van der Waals surface area contributed by atoms with E-state index in [1.807, 2.05) is 20.8 Å². The normalized spacial score (nSPS) is 12.3. The van der Waals surface area contributed by atoms with Crippen LogP contribution in [0.2, 0.25) is 0 Å². The van der Waals surface area contributed by atoms with Crippen LogP contribution in [0.5, 0.6) is 11.5 Å². The summed E-state index contributed by atoms with van der Waals surface area (Å²) in [5.74, 6) is -0.688. The van der Waals surface area contributed by atoms with Gasteiger partial charge in [0.25, 0.3) is 5.91 Å². The fourth-order valence-electron chi connectivity index (χ4n) is 3.07. The van der Waals surface area contributed by atoms with Gasteiger partial charge in [0.05, 0.1) is 16.0 Å². The fourth-order valence-corrected chi connectivity index (χ4v) is 3.63. The second kappa shape index (κ2) is 9.11. The predicted octanol–water partition coefficient (Wildman–Crippen LogP) is 6.43. The Morgan fingerprint density at radius 2 is 1.62 bits per heavy atom. The number of sulfonamides is 1. The number of hydrogen-bond acceptors (Lipinski definition) is 4. The fraction of sp³-hybridized carbons (Fsp3) is 0.208. The number of benzene rings is 3. The Labute approximate surface area is 200 Å². The zero-order chi connectivity index (χ0) is 25.3. The van der Waals surface area contributed by atoms with Gasteiger partial charge in [0.1, 0.15) is 11.5 Å². The van der Waals surface area contributed by atoms with Gasteiger partial charge >= 0.3 is 6.18 Å². The summed E-state index contributed by atoms with van der Waals surface area (Å²) in [6.07, 6.45) is -4.55. The minimum absolute atomic E-state index is 0. The van der Waals surface area contributed by atoms with Crippen molar-refractivity contribution in [2.75, 3.05) is 5.32 Å². The first-order valence-electron chi connectivity index (χ1n) is 10.1. The summed E-state index contributed by atoms with van der Waals surface area (Å²) in [7, 11) is -3.98. The third-order valence-corrected chi connectivity index (χ3v) is 5.81. The molecule has 0 radical (unpaired) electrons. The summed E-state index contributed by atoms with van der Waals surface area (Å²) in [4.78, 5) is 12.8. The van der Waals surface area contributed by atoms with Crippen molar-refractivity contribution in [2.45, 2.75) is 37.3 Å². The molecule has 0 bridgehead atoms. The lowest BCUT2D eigenvalue weighted by molar-refractivity contribution is -0.137. The number of ether oxygens (including phenoxy) is 1.